The Morgan fingerprint density at radius 3 is 2.32 bits per heavy atom. The zero-order valence-corrected chi connectivity index (χ0v) is 11.9. The number of hydrogen-bond acceptors (Lipinski definition) is 2. The minimum Gasteiger partial charge on any atom is -0.453 e. The Morgan fingerprint density at radius 2 is 1.58 bits per heavy atom. The molecule has 2 nitrogen and oxygen atoms in total. The predicted molar refractivity (Wildman–Crippen MR) is 79.7 cm³/mol. The highest BCUT2D eigenvalue weighted by Gasteiger charge is 2.23. The van der Waals surface area contributed by atoms with E-state index in [9.17, 15) is 0 Å². The molecule has 2 heteroatoms. The fourth-order valence-corrected chi connectivity index (χ4v) is 2.41. The third-order valence-corrected chi connectivity index (χ3v) is 3.63. The number of rotatable bonds is 0. The lowest BCUT2D eigenvalue weighted by Gasteiger charge is -2.31. The van der Waals surface area contributed by atoms with Crippen LogP contribution < -0.4 is 9.64 Å². The molecule has 2 aromatic carbocycles. The van der Waals surface area contributed by atoms with Crippen LogP contribution >= 0.6 is 0 Å². The van der Waals surface area contributed by atoms with Gasteiger partial charge in [0.1, 0.15) is 0 Å². The van der Waals surface area contributed by atoms with Crippen LogP contribution in [0, 0.1) is 0 Å². The number of ether oxygens (including phenoxy) is 1. The van der Waals surface area contributed by atoms with Crippen molar-refractivity contribution in [3.8, 4) is 11.5 Å². The van der Waals surface area contributed by atoms with Crippen molar-refractivity contribution in [1.29, 1.82) is 0 Å². The largest absolute Gasteiger partial charge is 0.453 e. The molecule has 19 heavy (non-hydrogen) atoms. The van der Waals surface area contributed by atoms with E-state index in [1.807, 2.05) is 18.2 Å². The number of hydrogen-bond donors (Lipinski definition) is 0. The Kier molecular flexibility index (Phi) is 2.56. The molecule has 0 aromatic heterocycles. The first-order valence-corrected chi connectivity index (χ1v) is 6.62. The molecule has 1 aliphatic rings. The van der Waals surface area contributed by atoms with E-state index in [0.29, 0.717) is 0 Å². The van der Waals surface area contributed by atoms with Gasteiger partial charge in [-0.2, -0.15) is 0 Å². The van der Waals surface area contributed by atoms with Crippen molar-refractivity contribution < 1.29 is 4.74 Å². The van der Waals surface area contributed by atoms with Gasteiger partial charge in [-0.3, -0.25) is 0 Å². The monoisotopic (exact) mass is 253 g/mol. The number of para-hydroxylation sites is 2. The lowest BCUT2D eigenvalue weighted by atomic mass is 9.86. The van der Waals surface area contributed by atoms with Gasteiger partial charge in [-0.15, -0.1) is 0 Å². The summed E-state index contributed by atoms with van der Waals surface area (Å²) in [7, 11) is 2.08. The van der Waals surface area contributed by atoms with E-state index >= 15 is 0 Å². The van der Waals surface area contributed by atoms with Crippen molar-refractivity contribution in [3.63, 3.8) is 0 Å². The predicted octanol–water partition coefficient (Wildman–Crippen LogP) is 4.86. The van der Waals surface area contributed by atoms with Crippen molar-refractivity contribution in [2.75, 3.05) is 11.9 Å². The Balaban J connectivity index is 2.10. The molecule has 98 valence electrons. The van der Waals surface area contributed by atoms with Crippen LogP contribution in [-0.2, 0) is 5.41 Å². The lowest BCUT2D eigenvalue weighted by Crippen LogP contribution is -2.17. The van der Waals surface area contributed by atoms with Crippen molar-refractivity contribution in [2.45, 2.75) is 26.2 Å². The van der Waals surface area contributed by atoms with Crippen LogP contribution in [0.5, 0.6) is 11.5 Å². The molecule has 0 saturated heterocycles. The second kappa shape index (κ2) is 4.02. The van der Waals surface area contributed by atoms with E-state index < -0.39 is 0 Å². The maximum Gasteiger partial charge on any atom is 0.151 e. The van der Waals surface area contributed by atoms with Crippen LogP contribution in [0.25, 0.3) is 0 Å². The fraction of sp³-hybridized carbons (Fsp3) is 0.294. The van der Waals surface area contributed by atoms with Crippen LogP contribution in [0.1, 0.15) is 26.3 Å². The maximum absolute atomic E-state index is 6.04. The van der Waals surface area contributed by atoms with E-state index in [1.165, 1.54) is 5.56 Å². The van der Waals surface area contributed by atoms with Crippen LogP contribution in [-0.4, -0.2) is 7.05 Å². The van der Waals surface area contributed by atoms with Crippen LogP contribution in [0.4, 0.5) is 11.4 Å². The van der Waals surface area contributed by atoms with Gasteiger partial charge in [-0.1, -0.05) is 39.0 Å². The van der Waals surface area contributed by atoms with E-state index in [1.54, 1.807) is 0 Å². The van der Waals surface area contributed by atoms with Crippen LogP contribution in [0.3, 0.4) is 0 Å². The summed E-state index contributed by atoms with van der Waals surface area (Å²) in [5, 5.41) is 0. The molecule has 0 fully saturated rings. The Labute approximate surface area is 114 Å². The standard InChI is InChI=1S/C17H19NO/c1-17(2,3)12-9-10-14-16(11-12)19-15-8-6-5-7-13(15)18(14)4/h5-11H,1-4H3. The lowest BCUT2D eigenvalue weighted by molar-refractivity contribution is 0.471. The zero-order valence-electron chi connectivity index (χ0n) is 11.9. The van der Waals surface area contributed by atoms with E-state index in [2.05, 4.69) is 57.0 Å². The summed E-state index contributed by atoms with van der Waals surface area (Å²) < 4.78 is 6.04. The van der Waals surface area contributed by atoms with Crippen LogP contribution in [0.2, 0.25) is 0 Å². The van der Waals surface area contributed by atoms with Gasteiger partial charge in [0.25, 0.3) is 0 Å². The molecular weight excluding hydrogens is 234 g/mol. The summed E-state index contributed by atoms with van der Waals surface area (Å²) in [6.07, 6.45) is 0. The van der Waals surface area contributed by atoms with E-state index in [4.69, 9.17) is 4.74 Å². The van der Waals surface area contributed by atoms with Gasteiger partial charge in [-0.25, -0.2) is 0 Å². The number of benzene rings is 2. The highest BCUT2D eigenvalue weighted by Crippen LogP contribution is 2.46. The van der Waals surface area contributed by atoms with Gasteiger partial charge in [-0.05, 0) is 35.2 Å². The third-order valence-electron chi connectivity index (χ3n) is 3.63. The Hall–Kier alpha value is -1.96. The van der Waals surface area contributed by atoms with Crippen molar-refractivity contribution >= 4 is 11.4 Å². The third kappa shape index (κ3) is 1.97. The Bertz CT molecular complexity index is 625. The minimum atomic E-state index is 0.133. The molecule has 0 saturated carbocycles. The number of nitrogens with zero attached hydrogens (tertiary/aromatic N) is 1. The quantitative estimate of drug-likeness (QED) is 0.665. The van der Waals surface area contributed by atoms with Gasteiger partial charge in [0, 0.05) is 7.05 Å². The molecule has 0 bridgehead atoms. The molecule has 1 aliphatic heterocycles. The summed E-state index contributed by atoms with van der Waals surface area (Å²) in [6.45, 7) is 6.65. The molecular formula is C17H19NO. The van der Waals surface area contributed by atoms with Crippen molar-refractivity contribution in [1.82, 2.24) is 0 Å². The number of fused-ring (bicyclic) bond motifs is 2. The Morgan fingerprint density at radius 1 is 0.895 bits per heavy atom. The first kappa shape index (κ1) is 12.1. The second-order valence-electron chi connectivity index (χ2n) is 6.06. The smallest absolute Gasteiger partial charge is 0.151 e. The first-order chi connectivity index (χ1) is 8.97. The van der Waals surface area contributed by atoms with Crippen molar-refractivity contribution in [2.24, 2.45) is 0 Å². The molecule has 0 amide bonds. The summed E-state index contributed by atoms with van der Waals surface area (Å²) in [5.74, 6) is 1.86. The number of anilines is 2. The molecule has 0 atom stereocenters. The molecule has 0 radical (unpaired) electrons. The van der Waals surface area contributed by atoms with Gasteiger partial charge >= 0.3 is 0 Å². The van der Waals surface area contributed by atoms with E-state index in [-0.39, 0.29) is 5.41 Å². The average molecular weight is 253 g/mol. The molecule has 0 unspecified atom stereocenters. The normalized spacial score (nSPS) is 13.6. The average Bonchev–Trinajstić information content (AvgIpc) is 2.37. The van der Waals surface area contributed by atoms with Gasteiger partial charge < -0.3 is 9.64 Å². The van der Waals surface area contributed by atoms with Crippen molar-refractivity contribution in [3.05, 3.63) is 48.0 Å². The second-order valence-corrected chi connectivity index (χ2v) is 6.06. The van der Waals surface area contributed by atoms with Crippen LogP contribution in [0.15, 0.2) is 42.5 Å². The van der Waals surface area contributed by atoms with Gasteiger partial charge in [0.15, 0.2) is 11.5 Å². The summed E-state index contributed by atoms with van der Waals surface area (Å²) in [5.41, 5.74) is 3.65. The molecule has 1 heterocycles. The summed E-state index contributed by atoms with van der Waals surface area (Å²) in [4.78, 5) is 2.18. The topological polar surface area (TPSA) is 12.5 Å². The molecule has 3 rings (SSSR count). The SMILES string of the molecule is CN1c2ccccc2Oc2cc(C(C)(C)C)ccc21. The summed E-state index contributed by atoms with van der Waals surface area (Å²) in [6, 6.07) is 14.6. The maximum atomic E-state index is 6.04. The van der Waals surface area contributed by atoms with Gasteiger partial charge in [0.05, 0.1) is 11.4 Å². The van der Waals surface area contributed by atoms with E-state index in [0.717, 1.165) is 22.9 Å². The first-order valence-electron chi connectivity index (χ1n) is 6.62. The molecule has 0 spiro atoms. The van der Waals surface area contributed by atoms with Gasteiger partial charge in [0.2, 0.25) is 0 Å². The molecule has 0 N–H and O–H groups in total. The molecule has 0 aliphatic carbocycles. The molecule has 2 aromatic rings. The fourth-order valence-electron chi connectivity index (χ4n) is 2.41. The highest BCUT2D eigenvalue weighted by atomic mass is 16.5. The zero-order chi connectivity index (χ0) is 13.6. The minimum absolute atomic E-state index is 0.133. The highest BCUT2D eigenvalue weighted by molar-refractivity contribution is 5.77. The summed E-state index contributed by atoms with van der Waals surface area (Å²) >= 11 is 0.